The molecule has 1 amide bonds. The Morgan fingerprint density at radius 3 is 1.75 bits per heavy atom. The summed E-state index contributed by atoms with van der Waals surface area (Å²) in [4.78, 5) is 9.47. The molecule has 0 aliphatic rings. The second-order valence-electron chi connectivity index (χ2n) is 1.39. The molecule has 4 nitrogen and oxygen atoms in total. The van der Waals surface area contributed by atoms with E-state index in [0.29, 0.717) is 0 Å². The number of primary amides is 1. The van der Waals surface area contributed by atoms with Gasteiger partial charge in [0.15, 0.2) is 0 Å². The second kappa shape index (κ2) is 22.4. The highest BCUT2D eigenvalue weighted by molar-refractivity contribution is 5.84. The van der Waals surface area contributed by atoms with Crippen molar-refractivity contribution >= 4 is 5.91 Å². The molecule has 76 valence electrons. The highest BCUT2D eigenvalue weighted by Gasteiger charge is 1.69. The average Bonchev–Trinajstić information content (AvgIpc) is 1.91. The molecular weight excluding hydrogens is 180 g/mol. The first-order valence-corrected chi connectivity index (χ1v) is 3.18. The van der Waals surface area contributed by atoms with E-state index in [1.807, 2.05) is 13.8 Å². The zero-order valence-corrected chi connectivity index (χ0v) is 8.73. The van der Waals surface area contributed by atoms with Gasteiger partial charge in [-0.2, -0.15) is 0 Å². The number of nitrogens with two attached hydrogens (primary N) is 1. The first-order valence-electron chi connectivity index (χ1n) is 3.18. The highest BCUT2D eigenvalue weighted by Crippen LogP contribution is 1.64. The molecule has 0 bridgehead atoms. The van der Waals surface area contributed by atoms with Crippen LogP contribution in [0.2, 0.25) is 0 Å². The minimum Gasteiger partial charge on any atom is -1.00 e. The van der Waals surface area contributed by atoms with Gasteiger partial charge in [-0.3, -0.25) is 4.79 Å². The Kier molecular flexibility index (Phi) is 42.1. The number of ether oxygens (including phenoxy) is 1. The van der Waals surface area contributed by atoms with Crippen LogP contribution in [0.5, 0.6) is 0 Å². The monoisotopic (exact) mass is 198 g/mol. The van der Waals surface area contributed by atoms with Crippen molar-refractivity contribution in [3.8, 4) is 0 Å². The molecule has 0 radical (unpaired) electrons. The lowest BCUT2D eigenvalue weighted by atomic mass is 10.6. The summed E-state index contributed by atoms with van der Waals surface area (Å²) < 4.78 is 4.83. The van der Waals surface area contributed by atoms with E-state index in [9.17, 15) is 4.79 Å². The van der Waals surface area contributed by atoms with Crippen molar-refractivity contribution in [2.45, 2.75) is 13.8 Å². The molecule has 0 unspecified atom stereocenters. The molecule has 0 saturated heterocycles. The van der Waals surface area contributed by atoms with E-state index < -0.39 is 5.91 Å². The van der Waals surface area contributed by atoms with E-state index in [4.69, 9.17) is 4.74 Å². The minimum atomic E-state index is -0.481. The molecule has 0 aliphatic heterocycles. The van der Waals surface area contributed by atoms with Crippen molar-refractivity contribution in [1.29, 1.82) is 0 Å². The van der Waals surface area contributed by atoms with E-state index in [0.717, 1.165) is 19.3 Å². The molecule has 0 spiro atoms. The minimum absolute atomic E-state index is 0. The molecular formula is C7H19ClN2O2. The largest absolute Gasteiger partial charge is 1.00 e. The van der Waals surface area contributed by atoms with E-state index in [2.05, 4.69) is 12.3 Å². The summed E-state index contributed by atoms with van der Waals surface area (Å²) in [5.41, 5.74) is 4.53. The summed E-state index contributed by atoms with van der Waals surface area (Å²) in [6.45, 7) is 8.75. The zero-order valence-electron chi connectivity index (χ0n) is 7.97. The van der Waals surface area contributed by atoms with E-state index >= 15 is 0 Å². The molecule has 12 heavy (non-hydrogen) atoms. The van der Waals surface area contributed by atoms with Crippen molar-refractivity contribution in [3.05, 3.63) is 12.7 Å². The number of hydrogen-bond donors (Lipinski definition) is 2. The Morgan fingerprint density at radius 2 is 1.75 bits per heavy atom. The summed E-state index contributed by atoms with van der Waals surface area (Å²) in [5, 5.41) is 0. The quantitative estimate of drug-likeness (QED) is 0.518. The van der Waals surface area contributed by atoms with Gasteiger partial charge in [-0.05, 0) is 19.9 Å². The zero-order chi connectivity index (χ0) is 8.41. The fourth-order valence-electron chi connectivity index (χ4n) is 0.204. The van der Waals surface area contributed by atoms with Gasteiger partial charge in [-0.15, -0.1) is 0 Å². The molecule has 0 heterocycles. The second-order valence-corrected chi connectivity index (χ2v) is 1.39. The van der Waals surface area contributed by atoms with Crippen LogP contribution in [0.4, 0.5) is 0 Å². The topological polar surface area (TPSA) is 88.8 Å². The van der Waals surface area contributed by atoms with Crippen molar-refractivity contribution in [2.75, 3.05) is 13.2 Å². The van der Waals surface area contributed by atoms with Crippen molar-refractivity contribution < 1.29 is 21.9 Å². The van der Waals surface area contributed by atoms with Crippen LogP contribution in [0.1, 0.15) is 13.8 Å². The average molecular weight is 199 g/mol. The number of halogens is 1. The first-order chi connectivity index (χ1) is 4.68. The molecule has 0 rings (SSSR count). The summed E-state index contributed by atoms with van der Waals surface area (Å²) in [5.74, 6) is -0.481. The maximum absolute atomic E-state index is 9.47. The smallest absolute Gasteiger partial charge is 0.240 e. The van der Waals surface area contributed by atoms with Gasteiger partial charge in [0.25, 0.3) is 0 Å². The van der Waals surface area contributed by atoms with Gasteiger partial charge in [0, 0.05) is 13.2 Å². The fourth-order valence-corrected chi connectivity index (χ4v) is 0.204. The molecule has 0 atom stereocenters. The summed E-state index contributed by atoms with van der Waals surface area (Å²) in [6.07, 6.45) is 1.06. The van der Waals surface area contributed by atoms with E-state index in [-0.39, 0.29) is 18.6 Å². The fraction of sp³-hybridized carbons (Fsp3) is 0.571. The van der Waals surface area contributed by atoms with Crippen LogP contribution >= 0.6 is 0 Å². The van der Waals surface area contributed by atoms with Gasteiger partial charge in [0.05, 0.1) is 0 Å². The first kappa shape index (κ1) is 22.5. The molecule has 0 aromatic heterocycles. The van der Waals surface area contributed by atoms with Crippen LogP contribution in [0.25, 0.3) is 0 Å². The third-order valence-corrected chi connectivity index (χ3v) is 0.609. The molecule has 6 N–H and O–H groups in total. The SMILES string of the molecule is C=CC(N)=O.CCOCC.[Cl-].[NH4+]. The van der Waals surface area contributed by atoms with Crippen LogP contribution in [-0.4, -0.2) is 19.1 Å². The van der Waals surface area contributed by atoms with E-state index in [1.165, 1.54) is 0 Å². The van der Waals surface area contributed by atoms with Crippen LogP contribution in [0.3, 0.4) is 0 Å². The summed E-state index contributed by atoms with van der Waals surface area (Å²) in [6, 6.07) is 0. The lowest BCUT2D eigenvalue weighted by Crippen LogP contribution is -3.00. The number of amides is 1. The van der Waals surface area contributed by atoms with Gasteiger partial charge < -0.3 is 29.0 Å². The molecule has 0 aliphatic carbocycles. The van der Waals surface area contributed by atoms with Crippen molar-refractivity contribution in [3.63, 3.8) is 0 Å². The number of carbonyl (C=O) groups excluding carboxylic acids is 1. The Bertz CT molecular complexity index is 97.4. The van der Waals surface area contributed by atoms with Gasteiger partial charge in [-0.1, -0.05) is 6.58 Å². The van der Waals surface area contributed by atoms with Gasteiger partial charge in [0.2, 0.25) is 5.91 Å². The van der Waals surface area contributed by atoms with Crippen molar-refractivity contribution in [2.24, 2.45) is 5.73 Å². The summed E-state index contributed by atoms with van der Waals surface area (Å²) >= 11 is 0. The number of quaternary nitrogens is 1. The lowest BCUT2D eigenvalue weighted by molar-refractivity contribution is -0.113. The maximum Gasteiger partial charge on any atom is 0.240 e. The van der Waals surface area contributed by atoms with Crippen LogP contribution in [-0.2, 0) is 9.53 Å². The third-order valence-electron chi connectivity index (χ3n) is 0.609. The maximum atomic E-state index is 9.47. The van der Waals surface area contributed by atoms with Gasteiger partial charge >= 0.3 is 0 Å². The van der Waals surface area contributed by atoms with Crippen molar-refractivity contribution in [1.82, 2.24) is 6.15 Å². The van der Waals surface area contributed by atoms with Crippen LogP contribution < -0.4 is 24.3 Å². The van der Waals surface area contributed by atoms with Gasteiger partial charge in [-0.25, -0.2) is 0 Å². The highest BCUT2D eigenvalue weighted by atomic mass is 35.5. The molecule has 0 fully saturated rings. The van der Waals surface area contributed by atoms with E-state index in [1.54, 1.807) is 0 Å². The molecule has 0 saturated carbocycles. The normalized spacial score (nSPS) is 6.17. The predicted molar refractivity (Wildman–Crippen MR) is 47.5 cm³/mol. The van der Waals surface area contributed by atoms with Crippen LogP contribution in [0.15, 0.2) is 12.7 Å². The van der Waals surface area contributed by atoms with Gasteiger partial charge in [0.1, 0.15) is 0 Å². The molecule has 5 heteroatoms. The lowest BCUT2D eigenvalue weighted by Gasteiger charge is -1.86. The number of hydrogen-bond acceptors (Lipinski definition) is 2. The Balaban J connectivity index is -0.0000000457. The van der Waals surface area contributed by atoms with Crippen LogP contribution in [0, 0.1) is 0 Å². The Morgan fingerprint density at radius 1 is 1.50 bits per heavy atom. The Labute approximate surface area is 80.1 Å². The summed E-state index contributed by atoms with van der Waals surface area (Å²) in [7, 11) is 0. The number of rotatable bonds is 3. The standard InChI is InChI=1S/C4H10O.C3H5NO.ClH.H3N/c1-3-5-4-2;1-2-3(4)5;;/h3-4H2,1-2H3;2H,1H2,(H2,4,5);1H;1H3. The molecule has 0 aromatic rings. The number of carbonyl (C=O) groups is 1. The predicted octanol–water partition coefficient (Wildman–Crippen LogP) is -1.92. The molecule has 0 aromatic carbocycles. The third kappa shape index (κ3) is 57.1. The Hall–Kier alpha value is -0.580.